The van der Waals surface area contributed by atoms with Gasteiger partial charge in [0, 0.05) is 13.1 Å². The Balaban J connectivity index is 0.000000223. The average molecular weight is 183 g/mol. The van der Waals surface area contributed by atoms with Crippen LogP contribution in [-0.2, 0) is 0 Å². The van der Waals surface area contributed by atoms with Crippen LogP contribution >= 0.6 is 0 Å². The van der Waals surface area contributed by atoms with Gasteiger partial charge in [-0.05, 0) is 12.8 Å². The van der Waals surface area contributed by atoms with Crippen LogP contribution in [0, 0.1) is 0 Å². The molecule has 0 unspecified atom stereocenters. The monoisotopic (exact) mass is 183 g/mol. The van der Waals surface area contributed by atoms with Gasteiger partial charge in [-0.2, -0.15) is 0 Å². The second kappa shape index (κ2) is 9.49. The van der Waals surface area contributed by atoms with E-state index in [0.717, 1.165) is 25.9 Å². The molecule has 0 radical (unpaired) electrons. The van der Waals surface area contributed by atoms with Gasteiger partial charge in [-0.15, -0.1) is 13.2 Å². The Morgan fingerprint density at radius 1 is 1.15 bits per heavy atom. The average Bonchev–Trinajstić information content (AvgIpc) is 2.58. The van der Waals surface area contributed by atoms with Crippen LogP contribution in [0.2, 0.25) is 0 Å². The lowest BCUT2D eigenvalue weighted by molar-refractivity contribution is 0.183. The molecule has 1 fully saturated rings. The highest BCUT2D eigenvalue weighted by molar-refractivity contribution is 4.75. The van der Waals surface area contributed by atoms with Gasteiger partial charge in [0.05, 0.1) is 6.10 Å². The highest BCUT2D eigenvalue weighted by Gasteiger charge is 2.09. The fourth-order valence-electron chi connectivity index (χ4n) is 1.19. The maximum atomic E-state index is 8.73. The van der Waals surface area contributed by atoms with Crippen LogP contribution in [0.5, 0.6) is 0 Å². The van der Waals surface area contributed by atoms with E-state index in [1.165, 1.54) is 12.8 Å². The molecule has 2 heteroatoms. The van der Waals surface area contributed by atoms with Crippen molar-refractivity contribution in [3.63, 3.8) is 0 Å². The Morgan fingerprint density at radius 2 is 1.62 bits per heavy atom. The predicted octanol–water partition coefficient (Wildman–Crippen LogP) is 1.87. The number of aliphatic hydroxyl groups excluding tert-OH is 1. The fourth-order valence-corrected chi connectivity index (χ4v) is 1.19. The largest absolute Gasteiger partial charge is 0.393 e. The predicted molar refractivity (Wildman–Crippen MR) is 57.7 cm³/mol. The molecule has 1 aliphatic rings. The van der Waals surface area contributed by atoms with Gasteiger partial charge in [0.1, 0.15) is 0 Å². The topological polar surface area (TPSA) is 32.3 Å². The zero-order valence-corrected chi connectivity index (χ0v) is 8.34. The van der Waals surface area contributed by atoms with Gasteiger partial charge in [-0.25, -0.2) is 0 Å². The van der Waals surface area contributed by atoms with E-state index in [1.807, 2.05) is 12.2 Å². The summed E-state index contributed by atoms with van der Waals surface area (Å²) in [5.41, 5.74) is 0. The molecule has 1 rings (SSSR count). The third-order valence-electron chi connectivity index (χ3n) is 1.90. The van der Waals surface area contributed by atoms with Crippen LogP contribution in [0.1, 0.15) is 25.7 Å². The first-order chi connectivity index (χ1) is 6.31. The molecule has 0 spiro atoms. The van der Waals surface area contributed by atoms with Gasteiger partial charge in [-0.3, -0.25) is 0 Å². The van der Waals surface area contributed by atoms with Crippen molar-refractivity contribution in [1.82, 2.24) is 5.32 Å². The van der Waals surface area contributed by atoms with Crippen LogP contribution < -0.4 is 5.32 Å². The van der Waals surface area contributed by atoms with Crippen molar-refractivity contribution in [1.29, 1.82) is 0 Å². The molecular formula is C11H21NO. The Kier molecular flexibility index (Phi) is 9.05. The molecule has 2 nitrogen and oxygen atoms in total. The minimum Gasteiger partial charge on any atom is -0.393 e. The van der Waals surface area contributed by atoms with Crippen LogP contribution in [0.4, 0.5) is 0 Å². The van der Waals surface area contributed by atoms with Crippen molar-refractivity contribution >= 4 is 0 Å². The molecule has 0 aromatic heterocycles. The Bertz CT molecular complexity index is 120. The molecule has 0 saturated heterocycles. The van der Waals surface area contributed by atoms with E-state index in [2.05, 4.69) is 18.5 Å². The minimum absolute atomic E-state index is 0.0463. The van der Waals surface area contributed by atoms with E-state index in [-0.39, 0.29) is 6.10 Å². The van der Waals surface area contributed by atoms with E-state index in [9.17, 15) is 0 Å². The summed E-state index contributed by atoms with van der Waals surface area (Å²) < 4.78 is 0. The summed E-state index contributed by atoms with van der Waals surface area (Å²) in [6.07, 6.45) is 8.25. The van der Waals surface area contributed by atoms with Gasteiger partial charge >= 0.3 is 0 Å². The third-order valence-corrected chi connectivity index (χ3v) is 1.90. The standard InChI is InChI=1S/C6H11N.C5H10O/c1-3-5-7-6-4-2;6-5-3-1-2-4-5/h3-4,7H,1-2,5-6H2;5-6H,1-4H2. The summed E-state index contributed by atoms with van der Waals surface area (Å²) in [4.78, 5) is 0. The minimum atomic E-state index is 0.0463. The van der Waals surface area contributed by atoms with Gasteiger partial charge in [0.15, 0.2) is 0 Å². The second-order valence-electron chi connectivity index (χ2n) is 3.17. The maximum Gasteiger partial charge on any atom is 0.0540 e. The highest BCUT2D eigenvalue weighted by atomic mass is 16.3. The smallest absolute Gasteiger partial charge is 0.0540 e. The van der Waals surface area contributed by atoms with E-state index in [1.54, 1.807) is 0 Å². The zero-order chi connectivity index (χ0) is 9.94. The number of hydrogen-bond donors (Lipinski definition) is 2. The molecule has 0 bridgehead atoms. The first-order valence-electron chi connectivity index (χ1n) is 4.91. The van der Waals surface area contributed by atoms with Gasteiger partial charge in [-0.1, -0.05) is 25.0 Å². The molecule has 0 heterocycles. The first-order valence-corrected chi connectivity index (χ1v) is 4.91. The molecule has 0 atom stereocenters. The maximum absolute atomic E-state index is 8.73. The first kappa shape index (κ1) is 12.4. The summed E-state index contributed by atoms with van der Waals surface area (Å²) in [7, 11) is 0. The fraction of sp³-hybridized carbons (Fsp3) is 0.636. The Labute approximate surface area is 81.4 Å². The molecule has 13 heavy (non-hydrogen) atoms. The van der Waals surface area contributed by atoms with Gasteiger partial charge in [0.25, 0.3) is 0 Å². The molecule has 0 aromatic carbocycles. The van der Waals surface area contributed by atoms with Crippen molar-refractivity contribution < 1.29 is 5.11 Å². The van der Waals surface area contributed by atoms with E-state index in [4.69, 9.17) is 5.11 Å². The number of aliphatic hydroxyl groups is 1. The molecule has 0 aliphatic heterocycles. The normalized spacial score (nSPS) is 16.1. The summed E-state index contributed by atoms with van der Waals surface area (Å²) in [5, 5.41) is 11.8. The van der Waals surface area contributed by atoms with Crippen LogP contribution in [-0.4, -0.2) is 24.3 Å². The van der Waals surface area contributed by atoms with Crippen molar-refractivity contribution in [2.75, 3.05) is 13.1 Å². The van der Waals surface area contributed by atoms with Crippen molar-refractivity contribution in [3.05, 3.63) is 25.3 Å². The highest BCUT2D eigenvalue weighted by Crippen LogP contribution is 2.16. The summed E-state index contributed by atoms with van der Waals surface area (Å²) >= 11 is 0. The lowest BCUT2D eigenvalue weighted by Crippen LogP contribution is -2.11. The lowest BCUT2D eigenvalue weighted by Gasteiger charge is -1.91. The number of rotatable bonds is 4. The Hall–Kier alpha value is -0.600. The molecule has 2 N–H and O–H groups in total. The lowest BCUT2D eigenvalue weighted by atomic mass is 10.3. The quantitative estimate of drug-likeness (QED) is 0.515. The summed E-state index contributed by atoms with van der Waals surface area (Å²) in [6.45, 7) is 8.81. The SMILES string of the molecule is C=CCNCC=C.OC1CCCC1. The zero-order valence-electron chi connectivity index (χ0n) is 8.34. The van der Waals surface area contributed by atoms with Crippen LogP contribution in [0.25, 0.3) is 0 Å². The Morgan fingerprint density at radius 3 is 1.85 bits per heavy atom. The second-order valence-corrected chi connectivity index (χ2v) is 3.17. The summed E-state index contributed by atoms with van der Waals surface area (Å²) in [5.74, 6) is 0. The molecule has 0 aromatic rings. The molecule has 1 saturated carbocycles. The van der Waals surface area contributed by atoms with E-state index >= 15 is 0 Å². The van der Waals surface area contributed by atoms with Gasteiger partial charge in [0.2, 0.25) is 0 Å². The van der Waals surface area contributed by atoms with E-state index < -0.39 is 0 Å². The molecular weight excluding hydrogens is 162 g/mol. The van der Waals surface area contributed by atoms with Gasteiger partial charge < -0.3 is 10.4 Å². The van der Waals surface area contributed by atoms with Crippen LogP contribution in [0.3, 0.4) is 0 Å². The van der Waals surface area contributed by atoms with Crippen molar-refractivity contribution in [2.24, 2.45) is 0 Å². The number of nitrogens with one attached hydrogen (secondary N) is 1. The van der Waals surface area contributed by atoms with Crippen molar-refractivity contribution in [2.45, 2.75) is 31.8 Å². The molecule has 76 valence electrons. The van der Waals surface area contributed by atoms with E-state index in [0.29, 0.717) is 0 Å². The molecule has 0 amide bonds. The van der Waals surface area contributed by atoms with Crippen molar-refractivity contribution in [3.8, 4) is 0 Å². The van der Waals surface area contributed by atoms with Crippen LogP contribution in [0.15, 0.2) is 25.3 Å². The third kappa shape index (κ3) is 9.31. The molecule has 1 aliphatic carbocycles. The summed E-state index contributed by atoms with van der Waals surface area (Å²) in [6, 6.07) is 0. The number of hydrogen-bond acceptors (Lipinski definition) is 2.